The fourth-order valence-corrected chi connectivity index (χ4v) is 3.55. The van der Waals surface area contributed by atoms with Gasteiger partial charge < -0.3 is 10.1 Å². The molecule has 29 heavy (non-hydrogen) atoms. The monoisotopic (exact) mass is 399 g/mol. The Balaban J connectivity index is 1.90. The third kappa shape index (κ3) is 7.62. The highest BCUT2D eigenvalue weighted by Gasteiger charge is 2.15. The van der Waals surface area contributed by atoms with E-state index in [-0.39, 0.29) is 23.8 Å². The van der Waals surface area contributed by atoms with Gasteiger partial charge in [0, 0.05) is 19.0 Å². The number of hydrogen-bond donors (Lipinski definition) is 1. The van der Waals surface area contributed by atoms with Gasteiger partial charge in [0.2, 0.25) is 0 Å². The summed E-state index contributed by atoms with van der Waals surface area (Å²) in [5.74, 6) is 0.368. The van der Waals surface area contributed by atoms with E-state index in [1.165, 1.54) is 6.07 Å². The first-order chi connectivity index (χ1) is 14.0. The third-order valence-electron chi connectivity index (χ3n) is 5.22. The second-order valence-electron chi connectivity index (χ2n) is 7.66. The van der Waals surface area contributed by atoms with Crippen LogP contribution in [0.2, 0.25) is 0 Å². The molecule has 0 saturated carbocycles. The smallest absolute Gasteiger partial charge is 0.167 e. The van der Waals surface area contributed by atoms with Crippen molar-refractivity contribution in [1.29, 1.82) is 0 Å². The van der Waals surface area contributed by atoms with Crippen LogP contribution in [0.25, 0.3) is 0 Å². The lowest BCUT2D eigenvalue weighted by molar-refractivity contribution is 0.0977. The van der Waals surface area contributed by atoms with Crippen LogP contribution >= 0.6 is 0 Å². The maximum absolute atomic E-state index is 14.2. The number of Topliss-reactive ketones (excluding diaryl/α,β-unsaturated/α-hetero) is 1. The van der Waals surface area contributed by atoms with Gasteiger partial charge in [0.25, 0.3) is 0 Å². The predicted molar refractivity (Wildman–Crippen MR) is 117 cm³/mol. The zero-order chi connectivity index (χ0) is 21.1. The summed E-state index contributed by atoms with van der Waals surface area (Å²) in [6.07, 6.45) is 4.72. The van der Waals surface area contributed by atoms with Gasteiger partial charge in [-0.3, -0.25) is 4.79 Å². The molecule has 0 aromatic heterocycles. The van der Waals surface area contributed by atoms with Gasteiger partial charge in [0.1, 0.15) is 11.6 Å². The van der Waals surface area contributed by atoms with Gasteiger partial charge in [-0.1, -0.05) is 57.0 Å². The largest absolute Gasteiger partial charge is 0.493 e. The first-order valence-corrected chi connectivity index (χ1v) is 10.8. The zero-order valence-electron chi connectivity index (χ0n) is 17.9. The molecule has 1 N–H and O–H groups in total. The van der Waals surface area contributed by atoms with Crippen molar-refractivity contribution in [3.05, 3.63) is 65.5 Å². The second-order valence-corrected chi connectivity index (χ2v) is 7.66. The van der Waals surface area contributed by atoms with Crippen molar-refractivity contribution in [3.8, 4) is 5.75 Å². The number of hydrogen-bond acceptors (Lipinski definition) is 3. The minimum Gasteiger partial charge on any atom is -0.493 e. The molecule has 0 fully saturated rings. The van der Waals surface area contributed by atoms with Gasteiger partial charge in [0.05, 0.1) is 12.2 Å². The van der Waals surface area contributed by atoms with Crippen LogP contribution in [0.15, 0.2) is 48.5 Å². The lowest BCUT2D eigenvalue weighted by Crippen LogP contribution is -2.22. The molecular formula is C25H34FNO2. The van der Waals surface area contributed by atoms with E-state index in [0.29, 0.717) is 24.8 Å². The van der Waals surface area contributed by atoms with Crippen molar-refractivity contribution in [2.24, 2.45) is 5.92 Å². The number of ether oxygens (including phenoxy) is 1. The van der Waals surface area contributed by atoms with Crippen LogP contribution in [0.4, 0.5) is 4.39 Å². The fourth-order valence-electron chi connectivity index (χ4n) is 3.55. The third-order valence-corrected chi connectivity index (χ3v) is 5.22. The summed E-state index contributed by atoms with van der Waals surface area (Å²) in [6.45, 7) is 7.50. The molecule has 0 radical (unpaired) electrons. The van der Waals surface area contributed by atoms with E-state index < -0.39 is 5.82 Å². The van der Waals surface area contributed by atoms with Crippen LogP contribution in [0.5, 0.6) is 5.75 Å². The Bertz CT molecular complexity index is 742. The zero-order valence-corrected chi connectivity index (χ0v) is 17.9. The molecule has 0 saturated heterocycles. The summed E-state index contributed by atoms with van der Waals surface area (Å²) in [5.41, 5.74) is 1.27. The molecule has 0 heterocycles. The van der Waals surface area contributed by atoms with Gasteiger partial charge in [0.15, 0.2) is 5.78 Å². The first kappa shape index (κ1) is 23.1. The van der Waals surface area contributed by atoms with Crippen LogP contribution in [-0.4, -0.2) is 18.9 Å². The van der Waals surface area contributed by atoms with E-state index in [0.717, 1.165) is 31.2 Å². The van der Waals surface area contributed by atoms with Crippen LogP contribution in [-0.2, 0) is 0 Å². The van der Waals surface area contributed by atoms with Crippen molar-refractivity contribution >= 4 is 5.78 Å². The number of carbonyl (C=O) groups excluding carboxylic acids is 1. The van der Waals surface area contributed by atoms with Gasteiger partial charge >= 0.3 is 0 Å². The molecule has 2 aromatic carbocycles. The summed E-state index contributed by atoms with van der Waals surface area (Å²) in [4.78, 5) is 12.5. The Morgan fingerprint density at radius 1 is 1.07 bits per heavy atom. The number of carbonyl (C=O) groups is 1. The van der Waals surface area contributed by atoms with Crippen molar-refractivity contribution < 1.29 is 13.9 Å². The summed E-state index contributed by atoms with van der Waals surface area (Å²) in [6, 6.07) is 14.7. The lowest BCUT2D eigenvalue weighted by Gasteiger charge is -2.17. The molecular weight excluding hydrogens is 365 g/mol. The second kappa shape index (κ2) is 12.4. The average Bonchev–Trinajstić information content (AvgIpc) is 2.73. The van der Waals surface area contributed by atoms with E-state index >= 15 is 0 Å². The molecule has 2 aromatic rings. The van der Waals surface area contributed by atoms with Crippen molar-refractivity contribution in [1.82, 2.24) is 5.32 Å². The van der Waals surface area contributed by atoms with E-state index in [1.807, 2.05) is 30.3 Å². The number of nitrogens with one attached hydrogen (secondary N) is 1. The molecule has 0 aliphatic rings. The molecule has 0 aliphatic heterocycles. The number of rotatable bonds is 13. The maximum atomic E-state index is 14.2. The van der Waals surface area contributed by atoms with Crippen LogP contribution in [0.3, 0.4) is 0 Å². The molecule has 1 atom stereocenters. The Labute approximate surface area is 174 Å². The number of halogens is 1. The molecule has 0 aliphatic carbocycles. The molecule has 0 spiro atoms. The summed E-state index contributed by atoms with van der Waals surface area (Å²) < 4.78 is 20.1. The molecule has 0 amide bonds. The topological polar surface area (TPSA) is 38.3 Å². The molecule has 3 nitrogen and oxygen atoms in total. The molecule has 2 rings (SSSR count). The van der Waals surface area contributed by atoms with Crippen molar-refractivity contribution in [3.63, 3.8) is 0 Å². The highest BCUT2D eigenvalue weighted by atomic mass is 19.1. The van der Waals surface area contributed by atoms with Gasteiger partial charge in [-0.05, 0) is 49.4 Å². The quantitative estimate of drug-likeness (QED) is 0.399. The highest BCUT2D eigenvalue weighted by molar-refractivity contribution is 5.96. The van der Waals surface area contributed by atoms with Crippen molar-refractivity contribution in [2.45, 2.75) is 58.9 Å². The summed E-state index contributed by atoms with van der Waals surface area (Å²) in [5, 5.41) is 3.33. The summed E-state index contributed by atoms with van der Waals surface area (Å²) in [7, 11) is 0. The standard InChI is InChI=1S/C25H34FNO2/c1-4-9-20(10-5-2)18-29-22-13-14-24(26)23(17-22)25(28)15-16-27-19(3)21-11-7-6-8-12-21/h6-8,11-14,17,19-20,27H,4-5,9-10,15-16,18H2,1-3H3. The highest BCUT2D eigenvalue weighted by Crippen LogP contribution is 2.21. The minimum atomic E-state index is -0.489. The molecule has 0 bridgehead atoms. The average molecular weight is 400 g/mol. The first-order valence-electron chi connectivity index (χ1n) is 10.8. The predicted octanol–water partition coefficient (Wildman–Crippen LogP) is 6.34. The Morgan fingerprint density at radius 2 is 1.76 bits per heavy atom. The van der Waals surface area contributed by atoms with Gasteiger partial charge in [-0.2, -0.15) is 0 Å². The number of benzene rings is 2. The van der Waals surface area contributed by atoms with E-state index in [4.69, 9.17) is 4.74 Å². The SMILES string of the molecule is CCCC(CCC)COc1ccc(F)c(C(=O)CCNC(C)c2ccccc2)c1. The minimum absolute atomic E-state index is 0.110. The molecule has 158 valence electrons. The van der Waals surface area contributed by atoms with Gasteiger partial charge in [-0.15, -0.1) is 0 Å². The molecule has 1 unspecified atom stereocenters. The van der Waals surface area contributed by atoms with Crippen LogP contribution in [0, 0.1) is 11.7 Å². The molecule has 4 heteroatoms. The normalized spacial score (nSPS) is 12.2. The van der Waals surface area contributed by atoms with E-state index in [1.54, 1.807) is 12.1 Å². The summed E-state index contributed by atoms with van der Waals surface area (Å²) >= 11 is 0. The Morgan fingerprint density at radius 3 is 2.41 bits per heavy atom. The lowest BCUT2D eigenvalue weighted by atomic mass is 9.99. The number of ketones is 1. The maximum Gasteiger partial charge on any atom is 0.167 e. The van der Waals surface area contributed by atoms with Crippen LogP contribution < -0.4 is 10.1 Å². The van der Waals surface area contributed by atoms with Crippen LogP contribution in [0.1, 0.15) is 74.8 Å². The fraction of sp³-hybridized carbons (Fsp3) is 0.480. The van der Waals surface area contributed by atoms with Crippen molar-refractivity contribution in [2.75, 3.05) is 13.2 Å². The van der Waals surface area contributed by atoms with E-state index in [9.17, 15) is 9.18 Å². The Hall–Kier alpha value is -2.20. The van der Waals surface area contributed by atoms with Gasteiger partial charge in [-0.25, -0.2) is 4.39 Å². The Kier molecular flexibility index (Phi) is 9.85. The van der Waals surface area contributed by atoms with E-state index in [2.05, 4.69) is 26.1 Å².